The Morgan fingerprint density at radius 2 is 2.05 bits per heavy atom. The molecule has 0 saturated heterocycles. The maximum Gasteiger partial charge on any atom is 0.354 e. The summed E-state index contributed by atoms with van der Waals surface area (Å²) in [5.74, 6) is 0. The topological polar surface area (TPSA) is 62.7 Å². The van der Waals surface area contributed by atoms with E-state index >= 15 is 0 Å². The van der Waals surface area contributed by atoms with E-state index < -0.39 is 0 Å². The molecule has 0 amide bonds. The third-order valence-electron chi connectivity index (χ3n) is 3.23. The summed E-state index contributed by atoms with van der Waals surface area (Å²) >= 11 is 0. The minimum Gasteiger partial charge on any atom is -0.346 e. The average Bonchev–Trinajstić information content (AvgIpc) is 2.92. The van der Waals surface area contributed by atoms with E-state index in [1.54, 1.807) is 17.0 Å². The van der Waals surface area contributed by atoms with Gasteiger partial charge in [-0.15, -0.1) is 0 Å². The predicted octanol–water partition coefficient (Wildman–Crippen LogP) is 1.82. The molecule has 102 valence electrons. The molecule has 2 aromatic heterocycles. The van der Waals surface area contributed by atoms with Crippen LogP contribution in [0, 0.1) is 0 Å². The van der Waals surface area contributed by atoms with Crippen LogP contribution in [0.25, 0.3) is 16.7 Å². The summed E-state index contributed by atoms with van der Waals surface area (Å²) in [6.45, 7) is 3.85. The second kappa shape index (κ2) is 5.30. The highest BCUT2D eigenvalue weighted by Gasteiger charge is 2.04. The van der Waals surface area contributed by atoms with Gasteiger partial charge in [0.1, 0.15) is 5.65 Å². The monoisotopic (exact) mass is 268 g/mol. The van der Waals surface area contributed by atoms with Crippen LogP contribution in [0.1, 0.15) is 12.5 Å². The van der Waals surface area contributed by atoms with E-state index in [1.165, 1.54) is 5.56 Å². The molecule has 3 aromatic rings. The lowest BCUT2D eigenvalue weighted by molar-refractivity contribution is 0.726. The second-order valence-electron chi connectivity index (χ2n) is 4.62. The number of hydrogen-bond acceptors (Lipinski definition) is 3. The molecule has 0 atom stereocenters. The summed E-state index contributed by atoms with van der Waals surface area (Å²) in [5.41, 5.74) is 2.36. The minimum atomic E-state index is -0.278. The van der Waals surface area contributed by atoms with E-state index in [1.807, 2.05) is 30.3 Å². The molecule has 2 N–H and O–H groups in total. The lowest BCUT2D eigenvalue weighted by atomic mass is 10.2. The van der Waals surface area contributed by atoms with Crippen LogP contribution < -0.4 is 11.0 Å². The van der Waals surface area contributed by atoms with Crippen LogP contribution in [-0.2, 0) is 6.54 Å². The Balaban J connectivity index is 1.97. The van der Waals surface area contributed by atoms with Crippen molar-refractivity contribution in [3.05, 3.63) is 58.8 Å². The summed E-state index contributed by atoms with van der Waals surface area (Å²) in [5, 5.41) is 4.19. The van der Waals surface area contributed by atoms with Crippen molar-refractivity contribution in [2.45, 2.75) is 13.5 Å². The van der Waals surface area contributed by atoms with Gasteiger partial charge in [-0.05, 0) is 30.3 Å². The maximum atomic E-state index is 12.0. The SMILES string of the molecule is CCNCc1ccc(-n2cc3cc[nH]c3nc2=O)cc1. The predicted molar refractivity (Wildman–Crippen MR) is 79.1 cm³/mol. The maximum absolute atomic E-state index is 12.0. The highest BCUT2D eigenvalue weighted by molar-refractivity contribution is 5.74. The van der Waals surface area contributed by atoms with Gasteiger partial charge in [0.25, 0.3) is 0 Å². The largest absolute Gasteiger partial charge is 0.354 e. The Kier molecular flexibility index (Phi) is 3.35. The Bertz CT molecular complexity index is 770. The first kappa shape index (κ1) is 12.6. The van der Waals surface area contributed by atoms with Gasteiger partial charge >= 0.3 is 5.69 Å². The molecular formula is C15H16N4O. The van der Waals surface area contributed by atoms with Crippen molar-refractivity contribution < 1.29 is 0 Å². The van der Waals surface area contributed by atoms with Crippen LogP contribution in [0.2, 0.25) is 0 Å². The van der Waals surface area contributed by atoms with Crippen molar-refractivity contribution in [1.82, 2.24) is 19.9 Å². The molecule has 0 saturated carbocycles. The molecular weight excluding hydrogens is 252 g/mol. The smallest absolute Gasteiger partial charge is 0.346 e. The van der Waals surface area contributed by atoms with E-state index in [0.717, 1.165) is 24.2 Å². The standard InChI is InChI=1S/C15H16N4O/c1-2-16-9-11-3-5-13(6-4-11)19-10-12-7-8-17-14(12)18-15(19)20/h3-8,10,16H,2,9H2,1H3,(H,17,18,20). The Morgan fingerprint density at radius 3 is 2.80 bits per heavy atom. The van der Waals surface area contributed by atoms with Gasteiger partial charge in [-0.1, -0.05) is 19.1 Å². The molecule has 1 aromatic carbocycles. The van der Waals surface area contributed by atoms with Gasteiger partial charge in [0.05, 0.1) is 5.69 Å². The van der Waals surface area contributed by atoms with Crippen molar-refractivity contribution in [1.29, 1.82) is 0 Å². The van der Waals surface area contributed by atoms with Gasteiger partial charge in [-0.25, -0.2) is 4.79 Å². The van der Waals surface area contributed by atoms with E-state index in [2.05, 4.69) is 22.2 Å². The molecule has 20 heavy (non-hydrogen) atoms. The molecule has 5 nitrogen and oxygen atoms in total. The fourth-order valence-corrected chi connectivity index (χ4v) is 2.15. The summed E-state index contributed by atoms with van der Waals surface area (Å²) in [6, 6.07) is 9.82. The van der Waals surface area contributed by atoms with Crippen molar-refractivity contribution >= 4 is 11.0 Å². The van der Waals surface area contributed by atoms with E-state index in [4.69, 9.17) is 0 Å². The van der Waals surface area contributed by atoms with Crippen molar-refractivity contribution in [3.63, 3.8) is 0 Å². The average molecular weight is 268 g/mol. The van der Waals surface area contributed by atoms with Crippen LogP contribution in [0.15, 0.2) is 47.5 Å². The molecule has 3 rings (SSSR count). The number of nitrogens with zero attached hydrogens (tertiary/aromatic N) is 2. The van der Waals surface area contributed by atoms with Gasteiger partial charge in [0.2, 0.25) is 0 Å². The number of benzene rings is 1. The van der Waals surface area contributed by atoms with Crippen LogP contribution in [0.4, 0.5) is 0 Å². The first-order valence-electron chi connectivity index (χ1n) is 6.65. The molecule has 5 heteroatoms. The molecule has 0 fully saturated rings. The molecule has 2 heterocycles. The Morgan fingerprint density at radius 1 is 1.25 bits per heavy atom. The third-order valence-corrected chi connectivity index (χ3v) is 3.23. The van der Waals surface area contributed by atoms with Crippen molar-refractivity contribution in [3.8, 4) is 5.69 Å². The third kappa shape index (κ3) is 2.35. The van der Waals surface area contributed by atoms with E-state index in [-0.39, 0.29) is 5.69 Å². The first-order chi connectivity index (χ1) is 9.78. The minimum absolute atomic E-state index is 0.278. The number of fused-ring (bicyclic) bond motifs is 1. The number of hydrogen-bond donors (Lipinski definition) is 2. The number of nitrogens with one attached hydrogen (secondary N) is 2. The van der Waals surface area contributed by atoms with Crippen LogP contribution in [0.3, 0.4) is 0 Å². The van der Waals surface area contributed by atoms with Gasteiger partial charge in [0.15, 0.2) is 0 Å². The number of H-pyrrole nitrogens is 1. The van der Waals surface area contributed by atoms with Crippen LogP contribution >= 0.6 is 0 Å². The highest BCUT2D eigenvalue weighted by atomic mass is 16.1. The first-order valence-corrected chi connectivity index (χ1v) is 6.65. The van der Waals surface area contributed by atoms with Gasteiger partial charge in [0, 0.05) is 24.3 Å². The Labute approximate surface area is 116 Å². The normalized spacial score (nSPS) is 11.1. The van der Waals surface area contributed by atoms with Crippen molar-refractivity contribution in [2.75, 3.05) is 6.54 Å². The van der Waals surface area contributed by atoms with E-state index in [9.17, 15) is 4.79 Å². The van der Waals surface area contributed by atoms with Gasteiger partial charge < -0.3 is 10.3 Å². The Hall–Kier alpha value is -2.40. The number of aromatic nitrogens is 3. The number of aromatic amines is 1. The zero-order valence-corrected chi connectivity index (χ0v) is 11.3. The van der Waals surface area contributed by atoms with Gasteiger partial charge in [-0.3, -0.25) is 4.57 Å². The second-order valence-corrected chi connectivity index (χ2v) is 4.62. The van der Waals surface area contributed by atoms with E-state index in [0.29, 0.717) is 5.65 Å². The molecule has 0 bridgehead atoms. The van der Waals surface area contributed by atoms with Crippen LogP contribution in [0.5, 0.6) is 0 Å². The quantitative estimate of drug-likeness (QED) is 0.758. The number of rotatable bonds is 4. The van der Waals surface area contributed by atoms with Crippen molar-refractivity contribution in [2.24, 2.45) is 0 Å². The highest BCUT2D eigenvalue weighted by Crippen LogP contribution is 2.11. The summed E-state index contributed by atoms with van der Waals surface area (Å²) in [7, 11) is 0. The summed E-state index contributed by atoms with van der Waals surface area (Å²) < 4.78 is 1.56. The lowest BCUT2D eigenvalue weighted by Crippen LogP contribution is -2.20. The fourth-order valence-electron chi connectivity index (χ4n) is 2.15. The molecule has 0 radical (unpaired) electrons. The molecule has 0 spiro atoms. The molecule has 0 aliphatic carbocycles. The zero-order chi connectivity index (χ0) is 13.9. The fraction of sp³-hybridized carbons (Fsp3) is 0.200. The summed E-state index contributed by atoms with van der Waals surface area (Å²) in [4.78, 5) is 19.0. The molecule has 0 aliphatic rings. The molecule has 0 unspecified atom stereocenters. The molecule has 0 aliphatic heterocycles. The van der Waals surface area contributed by atoms with Gasteiger partial charge in [-0.2, -0.15) is 4.98 Å². The summed E-state index contributed by atoms with van der Waals surface area (Å²) in [6.07, 6.45) is 3.58. The zero-order valence-electron chi connectivity index (χ0n) is 11.3. The van der Waals surface area contributed by atoms with Crippen LogP contribution in [-0.4, -0.2) is 21.1 Å². The lowest BCUT2D eigenvalue weighted by Gasteiger charge is -2.07.